The van der Waals surface area contributed by atoms with Crippen LogP contribution in [0.25, 0.3) is 0 Å². The molecule has 0 heterocycles. The first-order chi connectivity index (χ1) is 9.56. The molecule has 0 unspecified atom stereocenters. The highest BCUT2D eigenvalue weighted by Crippen LogP contribution is 2.16. The van der Waals surface area contributed by atoms with Gasteiger partial charge in [0, 0.05) is 0 Å². The number of rotatable bonds is 15. The molecule has 0 bridgehead atoms. The highest BCUT2D eigenvalue weighted by atomic mass is 16.3. The SMILES string of the molecule is CC(C)(O)CCCCCCCCCCCCCCCN. The van der Waals surface area contributed by atoms with Crippen LogP contribution in [-0.4, -0.2) is 17.3 Å². The first-order valence-electron chi connectivity index (χ1n) is 8.99. The fourth-order valence-electron chi connectivity index (χ4n) is 2.65. The number of nitrogens with two attached hydrogens (primary N) is 1. The standard InChI is InChI=1S/C18H39NO/c1-18(2,20)16-14-12-10-8-6-4-3-5-7-9-11-13-15-17-19/h20H,3-17,19H2,1-2H3. The molecule has 0 radical (unpaired) electrons. The minimum Gasteiger partial charge on any atom is -0.390 e. The molecule has 0 saturated heterocycles. The predicted molar refractivity (Wildman–Crippen MR) is 90.0 cm³/mol. The van der Waals surface area contributed by atoms with Gasteiger partial charge in [0.25, 0.3) is 0 Å². The van der Waals surface area contributed by atoms with Crippen molar-refractivity contribution in [2.24, 2.45) is 5.73 Å². The minimum absolute atomic E-state index is 0.468. The molecule has 0 rings (SSSR count). The Bertz CT molecular complexity index is 186. The van der Waals surface area contributed by atoms with E-state index in [2.05, 4.69) is 0 Å². The maximum Gasteiger partial charge on any atom is 0.0591 e. The van der Waals surface area contributed by atoms with Crippen LogP contribution in [0.15, 0.2) is 0 Å². The molecule has 0 aromatic rings. The zero-order valence-corrected chi connectivity index (χ0v) is 14.1. The fraction of sp³-hybridized carbons (Fsp3) is 1.00. The topological polar surface area (TPSA) is 46.2 Å². The molecule has 3 N–H and O–H groups in total. The summed E-state index contributed by atoms with van der Waals surface area (Å²) >= 11 is 0. The third kappa shape index (κ3) is 17.9. The molecule has 20 heavy (non-hydrogen) atoms. The van der Waals surface area contributed by atoms with E-state index in [1.165, 1.54) is 83.5 Å². The maximum absolute atomic E-state index is 9.60. The van der Waals surface area contributed by atoms with Crippen molar-refractivity contribution in [3.05, 3.63) is 0 Å². The molecule has 0 atom stereocenters. The summed E-state index contributed by atoms with van der Waals surface area (Å²) in [5.41, 5.74) is 5.01. The molecule has 0 spiro atoms. The Morgan fingerprint density at radius 1 is 0.600 bits per heavy atom. The van der Waals surface area contributed by atoms with Gasteiger partial charge in [0.1, 0.15) is 0 Å². The van der Waals surface area contributed by atoms with Gasteiger partial charge in [-0.05, 0) is 33.2 Å². The molecule has 2 nitrogen and oxygen atoms in total. The molecule has 2 heteroatoms. The molecule has 122 valence electrons. The van der Waals surface area contributed by atoms with E-state index in [1.807, 2.05) is 13.8 Å². The van der Waals surface area contributed by atoms with E-state index in [1.54, 1.807) is 0 Å². The number of unbranched alkanes of at least 4 members (excludes halogenated alkanes) is 12. The van der Waals surface area contributed by atoms with E-state index in [0.717, 1.165) is 13.0 Å². The zero-order valence-electron chi connectivity index (χ0n) is 14.1. The van der Waals surface area contributed by atoms with Gasteiger partial charge < -0.3 is 10.8 Å². The molecule has 0 aromatic carbocycles. The summed E-state index contributed by atoms with van der Waals surface area (Å²) in [4.78, 5) is 0. The molecule has 0 aliphatic carbocycles. The summed E-state index contributed by atoms with van der Waals surface area (Å²) in [5, 5.41) is 9.60. The summed E-state index contributed by atoms with van der Waals surface area (Å²) in [6.07, 6.45) is 18.5. The second-order valence-corrected chi connectivity index (χ2v) is 6.95. The van der Waals surface area contributed by atoms with Gasteiger partial charge in [-0.2, -0.15) is 0 Å². The Morgan fingerprint density at radius 2 is 0.900 bits per heavy atom. The maximum atomic E-state index is 9.60. The lowest BCUT2D eigenvalue weighted by Gasteiger charge is -2.16. The predicted octanol–water partition coefficient (Wildman–Crippen LogP) is 5.18. The Balaban J connectivity index is 2.99. The Morgan fingerprint density at radius 3 is 1.20 bits per heavy atom. The molecule has 0 aromatic heterocycles. The average Bonchev–Trinajstić information content (AvgIpc) is 2.38. The van der Waals surface area contributed by atoms with Crippen LogP contribution in [0.3, 0.4) is 0 Å². The van der Waals surface area contributed by atoms with Gasteiger partial charge in [0.05, 0.1) is 5.60 Å². The average molecular weight is 286 g/mol. The first kappa shape index (κ1) is 19.9. The van der Waals surface area contributed by atoms with Crippen molar-refractivity contribution in [2.45, 2.75) is 109 Å². The van der Waals surface area contributed by atoms with Crippen LogP contribution in [0.2, 0.25) is 0 Å². The quantitative estimate of drug-likeness (QED) is 0.407. The molecule has 0 amide bonds. The zero-order chi connectivity index (χ0) is 15.1. The smallest absolute Gasteiger partial charge is 0.0591 e. The third-order valence-corrected chi connectivity index (χ3v) is 3.99. The largest absolute Gasteiger partial charge is 0.390 e. The van der Waals surface area contributed by atoms with Crippen molar-refractivity contribution in [1.82, 2.24) is 0 Å². The van der Waals surface area contributed by atoms with Gasteiger partial charge in [0.15, 0.2) is 0 Å². The van der Waals surface area contributed by atoms with E-state index in [9.17, 15) is 5.11 Å². The van der Waals surface area contributed by atoms with Crippen LogP contribution in [0.1, 0.15) is 104 Å². The van der Waals surface area contributed by atoms with Crippen LogP contribution < -0.4 is 5.73 Å². The van der Waals surface area contributed by atoms with E-state index >= 15 is 0 Å². The molecule has 0 fully saturated rings. The molecule has 0 aliphatic heterocycles. The van der Waals surface area contributed by atoms with E-state index in [4.69, 9.17) is 5.73 Å². The Hall–Kier alpha value is -0.0800. The van der Waals surface area contributed by atoms with Crippen molar-refractivity contribution in [3.8, 4) is 0 Å². The Kier molecular flexibility index (Phi) is 13.8. The van der Waals surface area contributed by atoms with Crippen molar-refractivity contribution in [2.75, 3.05) is 6.54 Å². The van der Waals surface area contributed by atoms with Crippen LogP contribution in [-0.2, 0) is 0 Å². The minimum atomic E-state index is -0.468. The van der Waals surface area contributed by atoms with Crippen LogP contribution >= 0.6 is 0 Å². The molecule has 0 aliphatic rings. The lowest BCUT2D eigenvalue weighted by Crippen LogP contribution is -2.17. The van der Waals surface area contributed by atoms with Crippen molar-refractivity contribution < 1.29 is 5.11 Å². The van der Waals surface area contributed by atoms with Crippen molar-refractivity contribution in [1.29, 1.82) is 0 Å². The lowest BCUT2D eigenvalue weighted by molar-refractivity contribution is 0.0680. The normalized spacial score (nSPS) is 12.0. The number of hydrogen-bond acceptors (Lipinski definition) is 2. The second kappa shape index (κ2) is 13.9. The molecular weight excluding hydrogens is 246 g/mol. The number of hydrogen-bond donors (Lipinski definition) is 2. The fourth-order valence-corrected chi connectivity index (χ4v) is 2.65. The summed E-state index contributed by atoms with van der Waals surface area (Å²) in [5.74, 6) is 0. The van der Waals surface area contributed by atoms with Crippen molar-refractivity contribution in [3.63, 3.8) is 0 Å². The van der Waals surface area contributed by atoms with Gasteiger partial charge in [-0.25, -0.2) is 0 Å². The van der Waals surface area contributed by atoms with Crippen LogP contribution in [0.5, 0.6) is 0 Å². The second-order valence-electron chi connectivity index (χ2n) is 6.95. The highest BCUT2D eigenvalue weighted by Gasteiger charge is 2.10. The monoisotopic (exact) mass is 285 g/mol. The highest BCUT2D eigenvalue weighted by molar-refractivity contribution is 4.64. The summed E-state index contributed by atoms with van der Waals surface area (Å²) in [6, 6.07) is 0. The summed E-state index contributed by atoms with van der Waals surface area (Å²) in [7, 11) is 0. The van der Waals surface area contributed by atoms with Crippen LogP contribution in [0, 0.1) is 0 Å². The molecular formula is C18H39NO. The van der Waals surface area contributed by atoms with Gasteiger partial charge in [-0.15, -0.1) is 0 Å². The van der Waals surface area contributed by atoms with Gasteiger partial charge in [-0.1, -0.05) is 77.0 Å². The van der Waals surface area contributed by atoms with Crippen LogP contribution in [0.4, 0.5) is 0 Å². The van der Waals surface area contributed by atoms with E-state index in [0.29, 0.717) is 0 Å². The van der Waals surface area contributed by atoms with E-state index in [-0.39, 0.29) is 0 Å². The van der Waals surface area contributed by atoms with Gasteiger partial charge in [0.2, 0.25) is 0 Å². The number of aliphatic hydroxyl groups is 1. The van der Waals surface area contributed by atoms with Gasteiger partial charge >= 0.3 is 0 Å². The van der Waals surface area contributed by atoms with E-state index < -0.39 is 5.60 Å². The summed E-state index contributed by atoms with van der Waals surface area (Å²) in [6.45, 7) is 4.67. The van der Waals surface area contributed by atoms with Crippen molar-refractivity contribution >= 4 is 0 Å². The summed E-state index contributed by atoms with van der Waals surface area (Å²) < 4.78 is 0. The third-order valence-electron chi connectivity index (χ3n) is 3.99. The molecule has 0 saturated carbocycles. The first-order valence-corrected chi connectivity index (χ1v) is 8.99. The van der Waals surface area contributed by atoms with Gasteiger partial charge in [-0.3, -0.25) is 0 Å². The lowest BCUT2D eigenvalue weighted by atomic mass is 9.99. The Labute approximate surface area is 127 Å².